The molecule has 0 amide bonds. The highest BCUT2D eigenvalue weighted by atomic mass is 16.5. The molecule has 2 atom stereocenters. The molecule has 0 saturated heterocycles. The topological polar surface area (TPSA) is 75.7 Å². The molecule has 1 aliphatic rings. The summed E-state index contributed by atoms with van der Waals surface area (Å²) in [6.07, 6.45) is 7.82. The monoisotopic (exact) mass is 337 g/mol. The van der Waals surface area contributed by atoms with E-state index in [2.05, 4.69) is 56.7 Å². The first-order chi connectivity index (χ1) is 12.3. The average molecular weight is 337 g/mol. The summed E-state index contributed by atoms with van der Waals surface area (Å²) < 4.78 is 6.09. The number of aromatic amines is 1. The third kappa shape index (κ3) is 3.79. The molecule has 0 aliphatic heterocycles. The van der Waals surface area contributed by atoms with E-state index in [1.807, 2.05) is 0 Å². The lowest BCUT2D eigenvalue weighted by atomic mass is 10.1. The van der Waals surface area contributed by atoms with Crippen LogP contribution in [0.1, 0.15) is 30.4 Å². The maximum Gasteiger partial charge on any atom is 0.160 e. The Kier molecular flexibility index (Phi) is 4.61. The van der Waals surface area contributed by atoms with Crippen LogP contribution in [0, 0.1) is 6.92 Å². The molecule has 25 heavy (non-hydrogen) atoms. The van der Waals surface area contributed by atoms with Crippen LogP contribution in [0.4, 0.5) is 5.82 Å². The number of anilines is 1. The molecule has 1 saturated carbocycles. The first-order valence-corrected chi connectivity index (χ1v) is 8.86. The molecule has 1 aliphatic carbocycles. The van der Waals surface area contributed by atoms with E-state index in [-0.39, 0.29) is 0 Å². The number of benzene rings is 1. The van der Waals surface area contributed by atoms with Gasteiger partial charge in [0.2, 0.25) is 0 Å². The Morgan fingerprint density at radius 2 is 2.08 bits per heavy atom. The number of hydrogen-bond donors (Lipinski definition) is 2. The molecular weight excluding hydrogens is 314 g/mol. The minimum atomic E-state index is 0.324. The lowest BCUT2D eigenvalue weighted by Crippen LogP contribution is -2.19. The molecule has 2 aromatic heterocycles. The van der Waals surface area contributed by atoms with Gasteiger partial charge in [0.15, 0.2) is 5.65 Å². The molecule has 0 bridgehead atoms. The highest BCUT2D eigenvalue weighted by molar-refractivity contribution is 5.85. The van der Waals surface area contributed by atoms with E-state index in [0.717, 1.165) is 49.1 Å². The highest BCUT2D eigenvalue weighted by Crippen LogP contribution is 2.27. The fraction of sp³-hybridized carbons (Fsp3) is 0.421. The van der Waals surface area contributed by atoms with Crippen LogP contribution >= 0.6 is 0 Å². The zero-order chi connectivity index (χ0) is 17.1. The van der Waals surface area contributed by atoms with Gasteiger partial charge in [-0.3, -0.25) is 5.10 Å². The van der Waals surface area contributed by atoms with Crippen molar-refractivity contribution in [1.82, 2.24) is 20.2 Å². The van der Waals surface area contributed by atoms with Gasteiger partial charge in [0, 0.05) is 6.04 Å². The lowest BCUT2D eigenvalue weighted by Gasteiger charge is -2.15. The Morgan fingerprint density at radius 1 is 1.20 bits per heavy atom. The molecule has 1 aromatic carbocycles. The Labute approximate surface area is 147 Å². The van der Waals surface area contributed by atoms with E-state index in [0.29, 0.717) is 12.1 Å². The second-order valence-electron chi connectivity index (χ2n) is 6.74. The van der Waals surface area contributed by atoms with Crippen molar-refractivity contribution in [2.45, 2.75) is 44.8 Å². The second-order valence-corrected chi connectivity index (χ2v) is 6.74. The number of hydrogen-bond acceptors (Lipinski definition) is 5. The van der Waals surface area contributed by atoms with Crippen molar-refractivity contribution in [3.8, 4) is 0 Å². The number of aromatic nitrogens is 4. The third-order valence-corrected chi connectivity index (χ3v) is 4.84. The molecule has 0 radical (unpaired) electrons. The van der Waals surface area contributed by atoms with Gasteiger partial charge in [-0.1, -0.05) is 29.8 Å². The number of nitrogens with zero attached hydrogens (tertiary/aromatic N) is 3. The van der Waals surface area contributed by atoms with Gasteiger partial charge in [-0.25, -0.2) is 9.97 Å². The Hall–Kier alpha value is -2.47. The van der Waals surface area contributed by atoms with Gasteiger partial charge >= 0.3 is 0 Å². The Morgan fingerprint density at radius 3 is 2.96 bits per heavy atom. The lowest BCUT2D eigenvalue weighted by molar-refractivity contribution is 0.0601. The van der Waals surface area contributed by atoms with E-state index in [1.54, 1.807) is 12.5 Å². The van der Waals surface area contributed by atoms with Gasteiger partial charge in [0.1, 0.15) is 12.1 Å². The van der Waals surface area contributed by atoms with E-state index in [4.69, 9.17) is 4.74 Å². The van der Waals surface area contributed by atoms with Gasteiger partial charge in [-0.05, 0) is 38.2 Å². The Balaban J connectivity index is 1.27. The van der Waals surface area contributed by atoms with Crippen molar-refractivity contribution >= 4 is 16.9 Å². The van der Waals surface area contributed by atoms with Crippen molar-refractivity contribution < 1.29 is 4.74 Å². The zero-order valence-corrected chi connectivity index (χ0v) is 14.4. The van der Waals surface area contributed by atoms with Gasteiger partial charge in [0.25, 0.3) is 0 Å². The van der Waals surface area contributed by atoms with Gasteiger partial charge in [-0.15, -0.1) is 0 Å². The zero-order valence-electron chi connectivity index (χ0n) is 14.4. The van der Waals surface area contributed by atoms with Crippen LogP contribution in [-0.4, -0.2) is 38.9 Å². The van der Waals surface area contributed by atoms with E-state index in [1.165, 1.54) is 11.1 Å². The first-order valence-electron chi connectivity index (χ1n) is 8.86. The fourth-order valence-corrected chi connectivity index (χ4v) is 3.39. The second kappa shape index (κ2) is 7.19. The molecule has 3 aromatic rings. The molecule has 130 valence electrons. The van der Waals surface area contributed by atoms with Crippen molar-refractivity contribution in [3.63, 3.8) is 0 Å². The standard InChI is InChI=1S/C19H23N5O/c1-13-2-4-14(5-3-13)8-9-25-16-7-6-15(10-16)23-18-17-11-22-24-19(17)21-12-20-18/h2-5,11-12,15-16H,6-10H2,1H3,(H2,20,21,22,23,24). The van der Waals surface area contributed by atoms with Gasteiger partial charge in [0.05, 0.1) is 24.3 Å². The normalized spacial score (nSPS) is 20.2. The van der Waals surface area contributed by atoms with Crippen LogP contribution in [0.5, 0.6) is 0 Å². The molecule has 1 fully saturated rings. The van der Waals surface area contributed by atoms with Crippen molar-refractivity contribution in [2.75, 3.05) is 11.9 Å². The molecule has 2 N–H and O–H groups in total. The summed E-state index contributed by atoms with van der Waals surface area (Å²) in [5.41, 5.74) is 3.40. The van der Waals surface area contributed by atoms with Crippen LogP contribution < -0.4 is 5.32 Å². The van der Waals surface area contributed by atoms with Crippen LogP contribution in [0.2, 0.25) is 0 Å². The summed E-state index contributed by atoms with van der Waals surface area (Å²) in [5, 5.41) is 11.4. The molecule has 0 spiro atoms. The van der Waals surface area contributed by atoms with E-state index < -0.39 is 0 Å². The van der Waals surface area contributed by atoms with Crippen LogP contribution in [0.3, 0.4) is 0 Å². The molecule has 6 heteroatoms. The van der Waals surface area contributed by atoms with Crippen LogP contribution in [0.15, 0.2) is 36.8 Å². The fourth-order valence-electron chi connectivity index (χ4n) is 3.39. The number of rotatable bonds is 6. The number of ether oxygens (including phenoxy) is 1. The number of aryl methyl sites for hydroxylation is 1. The van der Waals surface area contributed by atoms with Crippen molar-refractivity contribution in [2.24, 2.45) is 0 Å². The SMILES string of the molecule is Cc1ccc(CCOC2CCC(Nc3ncnc4[nH]ncc34)C2)cc1. The van der Waals surface area contributed by atoms with Crippen LogP contribution in [0.25, 0.3) is 11.0 Å². The molecule has 2 unspecified atom stereocenters. The minimum absolute atomic E-state index is 0.324. The Bertz CT molecular complexity index is 829. The third-order valence-electron chi connectivity index (χ3n) is 4.84. The molecule has 4 rings (SSSR count). The summed E-state index contributed by atoms with van der Waals surface area (Å²) in [5.74, 6) is 0.851. The van der Waals surface area contributed by atoms with Crippen molar-refractivity contribution in [3.05, 3.63) is 47.9 Å². The quantitative estimate of drug-likeness (QED) is 0.722. The largest absolute Gasteiger partial charge is 0.378 e. The first kappa shape index (κ1) is 16.0. The van der Waals surface area contributed by atoms with E-state index >= 15 is 0 Å². The summed E-state index contributed by atoms with van der Waals surface area (Å²) in [7, 11) is 0. The summed E-state index contributed by atoms with van der Waals surface area (Å²) in [6.45, 7) is 2.89. The van der Waals surface area contributed by atoms with E-state index in [9.17, 15) is 0 Å². The smallest absolute Gasteiger partial charge is 0.160 e. The summed E-state index contributed by atoms with van der Waals surface area (Å²) in [6, 6.07) is 9.07. The predicted molar refractivity (Wildman–Crippen MR) is 97.6 cm³/mol. The average Bonchev–Trinajstić information content (AvgIpc) is 3.27. The molecule has 6 nitrogen and oxygen atoms in total. The minimum Gasteiger partial charge on any atom is -0.378 e. The van der Waals surface area contributed by atoms with Crippen molar-refractivity contribution in [1.29, 1.82) is 0 Å². The summed E-state index contributed by atoms with van der Waals surface area (Å²) >= 11 is 0. The van der Waals surface area contributed by atoms with Gasteiger partial charge in [-0.2, -0.15) is 5.10 Å². The number of nitrogens with one attached hydrogen (secondary N) is 2. The molecule has 2 heterocycles. The number of fused-ring (bicyclic) bond motifs is 1. The van der Waals surface area contributed by atoms with Crippen LogP contribution in [-0.2, 0) is 11.2 Å². The van der Waals surface area contributed by atoms with Gasteiger partial charge < -0.3 is 10.1 Å². The maximum atomic E-state index is 6.09. The summed E-state index contributed by atoms with van der Waals surface area (Å²) in [4.78, 5) is 8.53. The number of H-pyrrole nitrogens is 1. The molecular formula is C19H23N5O. The maximum absolute atomic E-state index is 6.09. The highest BCUT2D eigenvalue weighted by Gasteiger charge is 2.26. The predicted octanol–water partition coefficient (Wildman–Crippen LogP) is 3.25.